The van der Waals surface area contributed by atoms with Crippen LogP contribution in [0.2, 0.25) is 0 Å². The lowest BCUT2D eigenvalue weighted by Crippen LogP contribution is -2.47. The van der Waals surface area contributed by atoms with E-state index in [0.29, 0.717) is 0 Å². The van der Waals surface area contributed by atoms with Crippen LogP contribution in [0.25, 0.3) is 0 Å². The number of rotatable bonds is 5. The summed E-state index contributed by atoms with van der Waals surface area (Å²) < 4.78 is 50.5. The maximum atomic E-state index is 14.2. The normalized spacial score (nSPS) is 14.5. The Morgan fingerprint density at radius 2 is 1.67 bits per heavy atom. The minimum atomic E-state index is -3.46. The first-order chi connectivity index (χ1) is 9.37. The second-order valence-electron chi connectivity index (χ2n) is 6.25. The van der Waals surface area contributed by atoms with Crippen molar-refractivity contribution in [3.05, 3.63) is 34.9 Å². The van der Waals surface area contributed by atoms with Gasteiger partial charge in [0.2, 0.25) is 0 Å². The average molecular weight is 319 g/mol. The summed E-state index contributed by atoms with van der Waals surface area (Å²) in [5.74, 6) is -1.38. The van der Waals surface area contributed by atoms with Crippen molar-refractivity contribution in [2.45, 2.75) is 51.4 Å². The zero-order chi connectivity index (χ0) is 16.6. The molecule has 0 amide bonds. The van der Waals surface area contributed by atoms with E-state index in [1.807, 2.05) is 13.8 Å². The summed E-state index contributed by atoms with van der Waals surface area (Å²) in [6.07, 6.45) is 1.12. The maximum Gasteiger partial charge on any atom is 0.154 e. The summed E-state index contributed by atoms with van der Waals surface area (Å²) in [6.45, 7) is 8.30. The van der Waals surface area contributed by atoms with Gasteiger partial charge in [-0.1, -0.05) is 13.8 Å². The lowest BCUT2D eigenvalue weighted by atomic mass is 9.92. The molecule has 120 valence electrons. The number of aryl methyl sites for hydroxylation is 1. The molecular formula is C15H23F2NO2S. The van der Waals surface area contributed by atoms with Gasteiger partial charge < -0.3 is 5.32 Å². The van der Waals surface area contributed by atoms with Crippen molar-refractivity contribution in [3.8, 4) is 0 Å². The van der Waals surface area contributed by atoms with Crippen LogP contribution in [0.1, 0.15) is 44.9 Å². The molecule has 0 aliphatic heterocycles. The van der Waals surface area contributed by atoms with Crippen LogP contribution in [0.15, 0.2) is 12.1 Å². The minimum Gasteiger partial charge on any atom is -0.306 e. The van der Waals surface area contributed by atoms with Crippen molar-refractivity contribution in [1.82, 2.24) is 5.32 Å². The third-order valence-corrected chi connectivity index (χ3v) is 5.89. The minimum absolute atomic E-state index is 0.0548. The van der Waals surface area contributed by atoms with Gasteiger partial charge in [0.1, 0.15) is 11.6 Å². The van der Waals surface area contributed by atoms with Crippen molar-refractivity contribution in [3.63, 3.8) is 0 Å². The summed E-state index contributed by atoms with van der Waals surface area (Å²) in [5.41, 5.74) is 0.448. The van der Waals surface area contributed by atoms with Crippen LogP contribution in [0.4, 0.5) is 8.78 Å². The predicted octanol–water partition coefficient (Wildman–Crippen LogP) is 3.14. The van der Waals surface area contributed by atoms with Gasteiger partial charge in [-0.15, -0.1) is 0 Å². The number of hydrogen-bond acceptors (Lipinski definition) is 3. The van der Waals surface area contributed by atoms with Gasteiger partial charge in [0.05, 0.1) is 10.8 Å². The molecule has 1 aromatic rings. The number of nitrogens with one attached hydrogen (secondary N) is 1. The molecule has 0 saturated carbocycles. The van der Waals surface area contributed by atoms with Gasteiger partial charge >= 0.3 is 0 Å². The molecule has 0 heterocycles. The van der Waals surface area contributed by atoms with Crippen LogP contribution in [-0.2, 0) is 9.84 Å². The summed E-state index contributed by atoms with van der Waals surface area (Å²) in [5, 5.41) is 3.09. The molecule has 1 unspecified atom stereocenters. The molecular weight excluding hydrogens is 296 g/mol. The van der Waals surface area contributed by atoms with E-state index in [2.05, 4.69) is 5.32 Å². The topological polar surface area (TPSA) is 46.2 Å². The van der Waals surface area contributed by atoms with E-state index in [1.54, 1.807) is 13.8 Å². The van der Waals surface area contributed by atoms with Crippen LogP contribution < -0.4 is 5.32 Å². The Kier molecular flexibility index (Phi) is 5.16. The van der Waals surface area contributed by atoms with E-state index < -0.39 is 32.3 Å². The van der Waals surface area contributed by atoms with Crippen molar-refractivity contribution >= 4 is 9.84 Å². The van der Waals surface area contributed by atoms with Gasteiger partial charge in [-0.25, -0.2) is 17.2 Å². The highest BCUT2D eigenvalue weighted by molar-refractivity contribution is 7.92. The first-order valence-electron chi connectivity index (χ1n) is 6.79. The molecule has 0 bridgehead atoms. The van der Waals surface area contributed by atoms with E-state index in [-0.39, 0.29) is 17.2 Å². The molecule has 0 fully saturated rings. The molecule has 1 atom stereocenters. The Morgan fingerprint density at radius 3 is 2.10 bits per heavy atom. The van der Waals surface area contributed by atoms with E-state index >= 15 is 0 Å². The standard InChI is InChI=1S/C15H23F2NO2S/c1-9(2)18-14(15(4,5)21(6,19)20)11-7-10(3)12(16)8-13(11)17/h7-9,14,18H,1-6H3. The number of hydrogen-bond donors (Lipinski definition) is 1. The van der Waals surface area contributed by atoms with Gasteiger partial charge in [-0.3, -0.25) is 0 Å². The van der Waals surface area contributed by atoms with Gasteiger partial charge in [-0.05, 0) is 32.4 Å². The van der Waals surface area contributed by atoms with Crippen molar-refractivity contribution in [1.29, 1.82) is 0 Å². The van der Waals surface area contributed by atoms with Gasteiger partial charge in [0.15, 0.2) is 9.84 Å². The molecule has 3 nitrogen and oxygen atoms in total. The van der Waals surface area contributed by atoms with Crippen molar-refractivity contribution in [2.24, 2.45) is 0 Å². The van der Waals surface area contributed by atoms with E-state index in [1.165, 1.54) is 13.0 Å². The van der Waals surface area contributed by atoms with Crippen LogP contribution in [0, 0.1) is 18.6 Å². The smallest absolute Gasteiger partial charge is 0.154 e. The molecule has 0 saturated heterocycles. The lowest BCUT2D eigenvalue weighted by Gasteiger charge is -2.35. The Hall–Kier alpha value is -1.01. The molecule has 1 rings (SSSR count). The largest absolute Gasteiger partial charge is 0.306 e. The molecule has 6 heteroatoms. The molecule has 0 aliphatic rings. The Labute approximate surface area is 125 Å². The third kappa shape index (κ3) is 3.80. The highest BCUT2D eigenvalue weighted by atomic mass is 32.2. The molecule has 0 aliphatic carbocycles. The quantitative estimate of drug-likeness (QED) is 0.907. The summed E-state index contributed by atoms with van der Waals surface area (Å²) in [7, 11) is -3.46. The highest BCUT2D eigenvalue weighted by Crippen LogP contribution is 2.34. The first kappa shape index (κ1) is 18.0. The lowest BCUT2D eigenvalue weighted by molar-refractivity contribution is 0.378. The number of sulfone groups is 1. The first-order valence-corrected chi connectivity index (χ1v) is 8.68. The Bertz CT molecular complexity index is 625. The molecule has 0 radical (unpaired) electrons. The van der Waals surface area contributed by atoms with Crippen molar-refractivity contribution < 1.29 is 17.2 Å². The number of benzene rings is 1. The Morgan fingerprint density at radius 1 is 1.14 bits per heavy atom. The fraction of sp³-hybridized carbons (Fsp3) is 0.600. The zero-order valence-electron chi connectivity index (χ0n) is 13.3. The fourth-order valence-electron chi connectivity index (χ4n) is 2.11. The third-order valence-electron chi connectivity index (χ3n) is 3.74. The summed E-state index contributed by atoms with van der Waals surface area (Å²) in [4.78, 5) is 0. The zero-order valence-corrected chi connectivity index (χ0v) is 14.1. The van der Waals surface area contributed by atoms with Crippen LogP contribution in [0.5, 0.6) is 0 Å². The van der Waals surface area contributed by atoms with Gasteiger partial charge in [-0.2, -0.15) is 0 Å². The Balaban J connectivity index is 3.50. The van der Waals surface area contributed by atoms with Crippen LogP contribution in [0.3, 0.4) is 0 Å². The maximum absolute atomic E-state index is 14.2. The fourth-order valence-corrected chi connectivity index (χ4v) is 2.74. The molecule has 1 N–H and O–H groups in total. The highest BCUT2D eigenvalue weighted by Gasteiger charge is 2.41. The molecule has 0 spiro atoms. The van der Waals surface area contributed by atoms with E-state index in [0.717, 1.165) is 12.3 Å². The predicted molar refractivity (Wildman–Crippen MR) is 81.0 cm³/mol. The summed E-state index contributed by atoms with van der Waals surface area (Å²) >= 11 is 0. The monoisotopic (exact) mass is 319 g/mol. The second kappa shape index (κ2) is 6.01. The van der Waals surface area contributed by atoms with E-state index in [4.69, 9.17) is 0 Å². The molecule has 0 aromatic heterocycles. The van der Waals surface area contributed by atoms with E-state index in [9.17, 15) is 17.2 Å². The number of halogens is 2. The SMILES string of the molecule is Cc1cc(C(NC(C)C)C(C)(C)S(C)(=O)=O)c(F)cc1F. The summed E-state index contributed by atoms with van der Waals surface area (Å²) in [6, 6.07) is 1.35. The van der Waals surface area contributed by atoms with Crippen LogP contribution in [-0.4, -0.2) is 25.5 Å². The van der Waals surface area contributed by atoms with Crippen LogP contribution >= 0.6 is 0 Å². The molecule has 1 aromatic carbocycles. The molecule has 21 heavy (non-hydrogen) atoms. The van der Waals surface area contributed by atoms with Gasteiger partial charge in [0.25, 0.3) is 0 Å². The average Bonchev–Trinajstić information content (AvgIpc) is 2.29. The van der Waals surface area contributed by atoms with Crippen molar-refractivity contribution in [2.75, 3.05) is 6.26 Å². The second-order valence-corrected chi connectivity index (χ2v) is 8.85. The van der Waals surface area contributed by atoms with Gasteiger partial charge in [0, 0.05) is 23.9 Å².